The van der Waals surface area contributed by atoms with Crippen LogP contribution in [0.2, 0.25) is 0 Å². The van der Waals surface area contributed by atoms with Crippen LogP contribution in [0.3, 0.4) is 0 Å². The average Bonchev–Trinajstić information content (AvgIpc) is 3.07. The number of nitrogens with one attached hydrogen (secondary N) is 2. The predicted molar refractivity (Wildman–Crippen MR) is 91.7 cm³/mol. The maximum absolute atomic E-state index is 5.27. The summed E-state index contributed by atoms with van der Waals surface area (Å²) in [5.74, 6) is 0. The second-order valence-corrected chi connectivity index (χ2v) is 5.68. The van der Waals surface area contributed by atoms with E-state index >= 15 is 0 Å². The maximum Gasteiger partial charge on any atom is 0.166 e. The zero-order valence-electron chi connectivity index (χ0n) is 13.5. The number of rotatable bonds is 7. The lowest BCUT2D eigenvalue weighted by atomic mass is 10.4. The minimum Gasteiger partial charge on any atom is -0.363 e. The third kappa shape index (κ3) is 4.84. The van der Waals surface area contributed by atoms with E-state index in [0.29, 0.717) is 11.7 Å². The minimum atomic E-state index is 0.649. The number of nitrogens with zero attached hydrogens (tertiary/aromatic N) is 4. The molecule has 120 valence electrons. The van der Waals surface area contributed by atoms with Gasteiger partial charge in [-0.3, -0.25) is 9.36 Å². The summed E-state index contributed by atoms with van der Waals surface area (Å²) in [6.45, 7) is 9.42. The van der Waals surface area contributed by atoms with Gasteiger partial charge in [0.1, 0.15) is 0 Å². The van der Waals surface area contributed by atoms with Crippen molar-refractivity contribution in [2.45, 2.75) is 46.8 Å². The topological polar surface area (TPSA) is 59.7 Å². The molecule has 0 fully saturated rings. The normalized spacial score (nSPS) is 10.7. The highest BCUT2D eigenvalue weighted by Gasteiger charge is 2.02. The Balaban J connectivity index is 1.62. The average molecular weight is 320 g/mol. The molecule has 0 aliphatic carbocycles. The third-order valence-electron chi connectivity index (χ3n) is 3.39. The molecular formula is C15H24N6S. The molecule has 0 saturated heterocycles. The Kier molecular flexibility index (Phi) is 5.94. The van der Waals surface area contributed by atoms with Gasteiger partial charge in [0, 0.05) is 31.5 Å². The Morgan fingerprint density at radius 1 is 1.27 bits per heavy atom. The lowest BCUT2D eigenvalue weighted by Gasteiger charge is -2.10. The number of hydrogen-bond acceptors (Lipinski definition) is 3. The van der Waals surface area contributed by atoms with Gasteiger partial charge < -0.3 is 10.6 Å². The molecule has 2 rings (SSSR count). The van der Waals surface area contributed by atoms with Gasteiger partial charge in [-0.05, 0) is 51.5 Å². The summed E-state index contributed by atoms with van der Waals surface area (Å²) >= 11 is 5.27. The fraction of sp³-hybridized carbons (Fsp3) is 0.533. The summed E-state index contributed by atoms with van der Waals surface area (Å²) < 4.78 is 3.94. The van der Waals surface area contributed by atoms with Gasteiger partial charge in [0.2, 0.25) is 0 Å². The lowest BCUT2D eigenvalue weighted by molar-refractivity contribution is 0.556. The number of aryl methyl sites for hydroxylation is 4. The molecular weight excluding hydrogens is 296 g/mol. The van der Waals surface area contributed by atoms with Gasteiger partial charge in [-0.25, -0.2) is 0 Å². The van der Waals surface area contributed by atoms with Gasteiger partial charge >= 0.3 is 0 Å². The van der Waals surface area contributed by atoms with Crippen LogP contribution in [-0.4, -0.2) is 31.2 Å². The summed E-state index contributed by atoms with van der Waals surface area (Å²) in [5.41, 5.74) is 3.26. The van der Waals surface area contributed by atoms with Crippen LogP contribution in [0.4, 0.5) is 0 Å². The second-order valence-electron chi connectivity index (χ2n) is 5.28. The van der Waals surface area contributed by atoms with E-state index in [2.05, 4.69) is 40.7 Å². The highest BCUT2D eigenvalue weighted by molar-refractivity contribution is 7.80. The zero-order valence-corrected chi connectivity index (χ0v) is 14.3. The first kappa shape index (κ1) is 16.5. The fourth-order valence-electron chi connectivity index (χ4n) is 2.24. The SMILES string of the molecule is CCn1ccc(CNC(=S)NCCCn2nc(C)cc2C)n1. The highest BCUT2D eigenvalue weighted by atomic mass is 32.1. The first-order chi connectivity index (χ1) is 10.6. The number of aromatic nitrogens is 4. The van der Waals surface area contributed by atoms with Crippen LogP contribution in [0, 0.1) is 13.8 Å². The molecule has 0 aliphatic rings. The lowest BCUT2D eigenvalue weighted by Crippen LogP contribution is -2.35. The monoisotopic (exact) mass is 320 g/mol. The molecule has 0 unspecified atom stereocenters. The summed E-state index contributed by atoms with van der Waals surface area (Å²) in [7, 11) is 0. The number of thiocarbonyl (C=S) groups is 1. The highest BCUT2D eigenvalue weighted by Crippen LogP contribution is 2.02. The predicted octanol–water partition coefficient (Wildman–Crippen LogP) is 1.77. The molecule has 0 saturated carbocycles. The molecule has 2 aromatic rings. The van der Waals surface area contributed by atoms with E-state index < -0.39 is 0 Å². The molecule has 22 heavy (non-hydrogen) atoms. The van der Waals surface area contributed by atoms with Crippen molar-refractivity contribution >= 4 is 17.3 Å². The molecule has 0 amide bonds. The molecule has 2 N–H and O–H groups in total. The largest absolute Gasteiger partial charge is 0.363 e. The summed E-state index contributed by atoms with van der Waals surface area (Å²) in [6, 6.07) is 4.09. The zero-order chi connectivity index (χ0) is 15.9. The Labute approximate surface area is 136 Å². The van der Waals surface area contributed by atoms with Crippen LogP contribution < -0.4 is 10.6 Å². The van der Waals surface area contributed by atoms with Crippen molar-refractivity contribution in [3.8, 4) is 0 Å². The Morgan fingerprint density at radius 3 is 2.73 bits per heavy atom. The van der Waals surface area contributed by atoms with Gasteiger partial charge in [0.05, 0.1) is 17.9 Å². The van der Waals surface area contributed by atoms with Crippen molar-refractivity contribution in [1.82, 2.24) is 30.2 Å². The Morgan fingerprint density at radius 2 is 2.09 bits per heavy atom. The van der Waals surface area contributed by atoms with Crippen LogP contribution in [0.25, 0.3) is 0 Å². The van der Waals surface area contributed by atoms with E-state index in [-0.39, 0.29) is 0 Å². The van der Waals surface area contributed by atoms with E-state index in [9.17, 15) is 0 Å². The van der Waals surface area contributed by atoms with Crippen molar-refractivity contribution in [3.05, 3.63) is 35.4 Å². The molecule has 2 heterocycles. The molecule has 0 bridgehead atoms. The number of hydrogen-bond donors (Lipinski definition) is 2. The van der Waals surface area contributed by atoms with Crippen LogP contribution in [0.15, 0.2) is 18.3 Å². The quantitative estimate of drug-likeness (QED) is 0.601. The van der Waals surface area contributed by atoms with Crippen molar-refractivity contribution in [3.63, 3.8) is 0 Å². The Bertz CT molecular complexity index is 615. The van der Waals surface area contributed by atoms with E-state index in [1.165, 1.54) is 5.69 Å². The van der Waals surface area contributed by atoms with Crippen LogP contribution in [0.5, 0.6) is 0 Å². The molecule has 0 aromatic carbocycles. The van der Waals surface area contributed by atoms with Gasteiger partial charge in [-0.15, -0.1) is 0 Å². The maximum atomic E-state index is 5.27. The van der Waals surface area contributed by atoms with Crippen molar-refractivity contribution < 1.29 is 0 Å². The molecule has 0 atom stereocenters. The van der Waals surface area contributed by atoms with Crippen molar-refractivity contribution in [2.75, 3.05) is 6.54 Å². The van der Waals surface area contributed by atoms with Gasteiger partial charge in [0.25, 0.3) is 0 Å². The van der Waals surface area contributed by atoms with Crippen molar-refractivity contribution in [2.24, 2.45) is 0 Å². The standard InChI is InChI=1S/C15H24N6S/c1-4-20-9-6-14(19-20)11-17-15(22)16-7-5-8-21-13(3)10-12(2)18-21/h6,9-10H,4-5,7-8,11H2,1-3H3,(H2,16,17,22). The van der Waals surface area contributed by atoms with E-state index in [4.69, 9.17) is 12.2 Å². The van der Waals surface area contributed by atoms with Crippen LogP contribution in [0.1, 0.15) is 30.4 Å². The van der Waals surface area contributed by atoms with Crippen LogP contribution >= 0.6 is 12.2 Å². The first-order valence-electron chi connectivity index (χ1n) is 7.63. The van der Waals surface area contributed by atoms with E-state index in [0.717, 1.165) is 37.4 Å². The Hall–Kier alpha value is -1.89. The second kappa shape index (κ2) is 7.93. The van der Waals surface area contributed by atoms with Gasteiger partial charge in [0.15, 0.2) is 5.11 Å². The molecule has 2 aromatic heterocycles. The third-order valence-corrected chi connectivity index (χ3v) is 3.67. The molecule has 6 nitrogen and oxygen atoms in total. The summed E-state index contributed by atoms with van der Waals surface area (Å²) in [6.07, 6.45) is 2.95. The molecule has 0 aliphatic heterocycles. The smallest absolute Gasteiger partial charge is 0.166 e. The van der Waals surface area contributed by atoms with Gasteiger partial charge in [-0.2, -0.15) is 10.2 Å². The molecule has 7 heteroatoms. The summed E-state index contributed by atoms with van der Waals surface area (Å²) in [4.78, 5) is 0. The molecule has 0 spiro atoms. The van der Waals surface area contributed by atoms with Crippen molar-refractivity contribution in [1.29, 1.82) is 0 Å². The van der Waals surface area contributed by atoms with E-state index in [1.807, 2.05) is 28.6 Å². The van der Waals surface area contributed by atoms with E-state index in [1.54, 1.807) is 0 Å². The fourth-order valence-corrected chi connectivity index (χ4v) is 2.41. The van der Waals surface area contributed by atoms with Crippen LogP contribution in [-0.2, 0) is 19.6 Å². The minimum absolute atomic E-state index is 0.649. The van der Waals surface area contributed by atoms with Gasteiger partial charge in [-0.1, -0.05) is 0 Å². The summed E-state index contributed by atoms with van der Waals surface area (Å²) in [5, 5.41) is 15.9. The first-order valence-corrected chi connectivity index (χ1v) is 8.04. The molecule has 0 radical (unpaired) electrons.